The Morgan fingerprint density at radius 2 is 2.33 bits per heavy atom. The van der Waals surface area contributed by atoms with Gasteiger partial charge in [0.15, 0.2) is 0 Å². The number of nitrogens with two attached hydrogens (primary N) is 1. The third-order valence-corrected chi connectivity index (χ3v) is 2.12. The van der Waals surface area contributed by atoms with E-state index in [4.69, 9.17) is 0 Å². The van der Waals surface area contributed by atoms with Crippen molar-refractivity contribution in [2.75, 3.05) is 6.54 Å². The lowest BCUT2D eigenvalue weighted by molar-refractivity contribution is -0.396. The zero-order chi connectivity index (χ0) is 11.5. The van der Waals surface area contributed by atoms with Gasteiger partial charge in [-0.15, -0.1) is 0 Å². The fourth-order valence-corrected chi connectivity index (χ4v) is 1.33. The van der Waals surface area contributed by atoms with E-state index in [1.807, 2.05) is 4.72 Å². The van der Waals surface area contributed by atoms with E-state index in [-0.39, 0.29) is 19.0 Å². The summed E-state index contributed by atoms with van der Waals surface area (Å²) < 4.78 is 24.2. The lowest BCUT2D eigenvalue weighted by atomic mass is 10.6. The lowest BCUT2D eigenvalue weighted by Crippen LogP contribution is -2.33. The molecule has 0 bridgehead atoms. The van der Waals surface area contributed by atoms with Crippen LogP contribution in [0.3, 0.4) is 0 Å². The van der Waals surface area contributed by atoms with Gasteiger partial charge in [0.1, 0.15) is 12.4 Å². The molecule has 0 fully saturated rings. The Morgan fingerprint density at radius 3 is 2.87 bits per heavy atom. The van der Waals surface area contributed by atoms with Crippen LogP contribution >= 0.6 is 0 Å². The maximum atomic E-state index is 10.5. The summed E-state index contributed by atoms with van der Waals surface area (Å²) in [4.78, 5) is 13.2. The Kier molecular flexibility index (Phi) is 3.34. The smallest absolute Gasteiger partial charge is 0.390 e. The lowest BCUT2D eigenvalue weighted by Gasteiger charge is -2.01. The van der Waals surface area contributed by atoms with Gasteiger partial charge in [0.25, 0.3) is 10.2 Å². The zero-order valence-electron chi connectivity index (χ0n) is 7.53. The SMILES string of the molecule is NS(=O)(=O)NCCn1ccnc1[N+](=O)[O-]. The van der Waals surface area contributed by atoms with Gasteiger partial charge in [-0.3, -0.25) is 0 Å². The zero-order valence-corrected chi connectivity index (χ0v) is 8.35. The van der Waals surface area contributed by atoms with Gasteiger partial charge in [0.05, 0.1) is 6.54 Å². The van der Waals surface area contributed by atoms with E-state index in [1.165, 1.54) is 17.0 Å². The minimum atomic E-state index is -3.76. The van der Waals surface area contributed by atoms with Crippen LogP contribution in [0, 0.1) is 10.1 Å². The highest BCUT2D eigenvalue weighted by atomic mass is 32.2. The molecule has 0 aliphatic carbocycles. The number of imidazole rings is 1. The molecule has 0 aromatic carbocycles. The normalized spacial score (nSPS) is 11.5. The molecule has 1 aromatic heterocycles. The van der Waals surface area contributed by atoms with Crippen molar-refractivity contribution in [2.24, 2.45) is 5.14 Å². The number of hydrogen-bond donors (Lipinski definition) is 2. The van der Waals surface area contributed by atoms with Crippen molar-refractivity contribution in [1.82, 2.24) is 14.3 Å². The first-order valence-corrected chi connectivity index (χ1v) is 5.37. The van der Waals surface area contributed by atoms with E-state index in [9.17, 15) is 18.5 Å². The molecule has 1 aromatic rings. The van der Waals surface area contributed by atoms with E-state index >= 15 is 0 Å². The summed E-state index contributed by atoms with van der Waals surface area (Å²) in [5, 5.41) is 15.1. The van der Waals surface area contributed by atoms with E-state index in [0.29, 0.717) is 0 Å². The Labute approximate surface area is 85.2 Å². The maximum absolute atomic E-state index is 10.5. The number of aromatic nitrogens is 2. The molecule has 3 N–H and O–H groups in total. The highest BCUT2D eigenvalue weighted by molar-refractivity contribution is 7.87. The number of nitro groups is 1. The molecule has 0 radical (unpaired) electrons. The largest absolute Gasteiger partial charge is 0.434 e. The van der Waals surface area contributed by atoms with Crippen molar-refractivity contribution in [3.63, 3.8) is 0 Å². The molecule has 1 rings (SSSR count). The van der Waals surface area contributed by atoms with E-state index in [1.54, 1.807) is 0 Å². The van der Waals surface area contributed by atoms with Gasteiger partial charge in [-0.2, -0.15) is 13.1 Å². The predicted octanol–water partition coefficient (Wildman–Crippen LogP) is -1.42. The fraction of sp³-hybridized carbons (Fsp3) is 0.400. The molecule has 0 amide bonds. The van der Waals surface area contributed by atoms with E-state index in [2.05, 4.69) is 10.1 Å². The van der Waals surface area contributed by atoms with Crippen molar-refractivity contribution in [3.8, 4) is 0 Å². The summed E-state index contributed by atoms with van der Waals surface area (Å²) >= 11 is 0. The minimum Gasteiger partial charge on any atom is -0.390 e. The minimum absolute atomic E-state index is 0.0317. The van der Waals surface area contributed by atoms with E-state index in [0.717, 1.165) is 0 Å². The third-order valence-electron chi connectivity index (χ3n) is 1.51. The number of rotatable bonds is 5. The number of hydrogen-bond acceptors (Lipinski definition) is 5. The average molecular weight is 235 g/mol. The van der Waals surface area contributed by atoms with Crippen molar-refractivity contribution < 1.29 is 13.3 Å². The fourth-order valence-electron chi connectivity index (χ4n) is 0.956. The standard InChI is InChI=1S/C5H9N5O4S/c6-15(13,14)8-2-4-9-3-1-7-5(9)10(11)12/h1,3,8H,2,4H2,(H2,6,13,14). The molecule has 0 aliphatic rings. The van der Waals surface area contributed by atoms with Crippen LogP contribution < -0.4 is 9.86 Å². The first-order chi connectivity index (χ1) is 6.90. The van der Waals surface area contributed by atoms with Gasteiger partial charge in [-0.05, 0) is 4.92 Å². The predicted molar refractivity (Wildman–Crippen MR) is 50.0 cm³/mol. The van der Waals surface area contributed by atoms with Gasteiger partial charge >= 0.3 is 5.95 Å². The first kappa shape index (κ1) is 11.6. The molecule has 1 heterocycles. The van der Waals surface area contributed by atoms with Crippen LogP contribution in [0.15, 0.2) is 12.4 Å². The number of nitrogens with zero attached hydrogens (tertiary/aromatic N) is 3. The Balaban J connectivity index is 2.58. The van der Waals surface area contributed by atoms with Crippen molar-refractivity contribution >= 4 is 16.2 Å². The molecule has 10 heteroatoms. The second kappa shape index (κ2) is 4.33. The van der Waals surface area contributed by atoms with Gasteiger partial charge in [-0.25, -0.2) is 9.71 Å². The summed E-state index contributed by atoms with van der Waals surface area (Å²) in [6, 6.07) is 0. The van der Waals surface area contributed by atoms with Crippen LogP contribution in [0.1, 0.15) is 0 Å². The van der Waals surface area contributed by atoms with Crippen LogP contribution in [-0.4, -0.2) is 29.4 Å². The second-order valence-electron chi connectivity index (χ2n) is 2.62. The Morgan fingerprint density at radius 1 is 1.67 bits per heavy atom. The van der Waals surface area contributed by atoms with Crippen LogP contribution in [0.5, 0.6) is 0 Å². The van der Waals surface area contributed by atoms with Crippen molar-refractivity contribution in [2.45, 2.75) is 6.54 Å². The summed E-state index contributed by atoms with van der Waals surface area (Å²) in [6.45, 7) is 0.0583. The first-order valence-electron chi connectivity index (χ1n) is 3.83. The summed E-state index contributed by atoms with van der Waals surface area (Å²) in [6.07, 6.45) is 2.64. The molecular weight excluding hydrogens is 226 g/mol. The van der Waals surface area contributed by atoms with Crippen LogP contribution in [0.25, 0.3) is 0 Å². The van der Waals surface area contributed by atoms with E-state index < -0.39 is 15.1 Å². The molecule has 0 unspecified atom stereocenters. The van der Waals surface area contributed by atoms with Gasteiger partial charge in [-0.1, -0.05) is 4.98 Å². The molecule has 0 saturated heterocycles. The highest BCUT2D eigenvalue weighted by Gasteiger charge is 2.13. The van der Waals surface area contributed by atoms with Crippen molar-refractivity contribution in [3.05, 3.63) is 22.5 Å². The van der Waals surface area contributed by atoms with Gasteiger partial charge in [0, 0.05) is 6.54 Å². The molecule has 84 valence electrons. The molecule has 0 spiro atoms. The summed E-state index contributed by atoms with van der Waals surface area (Å²) in [5.41, 5.74) is 0. The third kappa shape index (κ3) is 3.61. The summed E-state index contributed by atoms with van der Waals surface area (Å²) in [7, 11) is -3.76. The second-order valence-corrected chi connectivity index (χ2v) is 4.00. The topological polar surface area (TPSA) is 133 Å². The Bertz CT molecular complexity index is 452. The molecular formula is C5H9N5O4S. The Hall–Kier alpha value is -1.52. The van der Waals surface area contributed by atoms with Crippen LogP contribution in [0.2, 0.25) is 0 Å². The van der Waals surface area contributed by atoms with Crippen LogP contribution in [-0.2, 0) is 16.8 Å². The molecule has 0 atom stereocenters. The molecule has 0 aliphatic heterocycles. The molecule has 9 nitrogen and oxygen atoms in total. The van der Waals surface area contributed by atoms with Crippen molar-refractivity contribution in [1.29, 1.82) is 0 Å². The summed E-state index contributed by atoms with van der Waals surface area (Å²) in [5.74, 6) is -0.341. The van der Waals surface area contributed by atoms with Crippen LogP contribution in [0.4, 0.5) is 5.95 Å². The maximum Gasteiger partial charge on any atom is 0.434 e. The van der Waals surface area contributed by atoms with Gasteiger partial charge < -0.3 is 10.1 Å². The molecule has 15 heavy (non-hydrogen) atoms. The van der Waals surface area contributed by atoms with Gasteiger partial charge in [0.2, 0.25) is 0 Å². The number of nitrogens with one attached hydrogen (secondary N) is 1. The average Bonchev–Trinajstić information content (AvgIpc) is 2.49. The quantitative estimate of drug-likeness (QED) is 0.477. The monoisotopic (exact) mass is 235 g/mol. The highest BCUT2D eigenvalue weighted by Crippen LogP contribution is 2.05. The molecule has 0 saturated carbocycles.